The standard InChI is InChI=1S/C16H20IN3/c1-5-13-14(17)16(18-6-2)20-15(19-13)12-9-10(3)7-8-11(12)4/h7-9H,5-6H2,1-4H3,(H,18,19,20). The maximum atomic E-state index is 4.75. The van der Waals surface area contributed by atoms with Gasteiger partial charge in [0.05, 0.1) is 9.26 Å². The molecule has 0 radical (unpaired) electrons. The van der Waals surface area contributed by atoms with Crippen LogP contribution in [0.4, 0.5) is 5.82 Å². The fourth-order valence-corrected chi connectivity index (χ4v) is 2.92. The van der Waals surface area contributed by atoms with E-state index in [1.807, 2.05) is 0 Å². The topological polar surface area (TPSA) is 37.8 Å². The minimum atomic E-state index is 0.819. The fraction of sp³-hybridized carbons (Fsp3) is 0.375. The molecule has 2 rings (SSSR count). The van der Waals surface area contributed by atoms with Crippen molar-refractivity contribution < 1.29 is 0 Å². The SMILES string of the molecule is CCNc1nc(-c2cc(C)ccc2C)nc(CC)c1I. The van der Waals surface area contributed by atoms with Gasteiger partial charge in [-0.15, -0.1) is 0 Å². The second-order valence-electron chi connectivity index (χ2n) is 4.86. The molecule has 0 amide bonds. The Bertz CT molecular complexity index is 623. The molecule has 2 aromatic rings. The highest BCUT2D eigenvalue weighted by Crippen LogP contribution is 2.27. The molecule has 1 aromatic carbocycles. The van der Waals surface area contributed by atoms with Gasteiger partial charge >= 0.3 is 0 Å². The van der Waals surface area contributed by atoms with Crippen LogP contribution in [0.5, 0.6) is 0 Å². The van der Waals surface area contributed by atoms with Crippen LogP contribution in [0.2, 0.25) is 0 Å². The van der Waals surface area contributed by atoms with Crippen LogP contribution in [0.1, 0.15) is 30.7 Å². The van der Waals surface area contributed by atoms with E-state index in [-0.39, 0.29) is 0 Å². The maximum Gasteiger partial charge on any atom is 0.162 e. The third-order valence-electron chi connectivity index (χ3n) is 3.23. The molecule has 4 heteroatoms. The number of benzene rings is 1. The van der Waals surface area contributed by atoms with Crippen LogP contribution < -0.4 is 5.32 Å². The summed E-state index contributed by atoms with van der Waals surface area (Å²) in [6, 6.07) is 6.41. The zero-order chi connectivity index (χ0) is 14.7. The number of anilines is 1. The molecule has 0 saturated heterocycles. The number of halogens is 1. The predicted octanol–water partition coefficient (Wildman–Crippen LogP) is 4.36. The molecule has 1 N–H and O–H groups in total. The fourth-order valence-electron chi connectivity index (χ4n) is 2.11. The zero-order valence-corrected chi connectivity index (χ0v) is 14.6. The van der Waals surface area contributed by atoms with Gasteiger partial charge in [-0.2, -0.15) is 0 Å². The summed E-state index contributed by atoms with van der Waals surface area (Å²) in [6.45, 7) is 9.28. The van der Waals surface area contributed by atoms with E-state index in [2.05, 4.69) is 73.8 Å². The molecule has 0 saturated carbocycles. The van der Waals surface area contributed by atoms with Crippen LogP contribution >= 0.6 is 22.6 Å². The van der Waals surface area contributed by atoms with Crippen molar-refractivity contribution in [3.05, 3.63) is 38.6 Å². The van der Waals surface area contributed by atoms with Gasteiger partial charge in [-0.1, -0.05) is 24.6 Å². The molecule has 106 valence electrons. The van der Waals surface area contributed by atoms with Crippen LogP contribution in [-0.2, 0) is 6.42 Å². The van der Waals surface area contributed by atoms with Crippen molar-refractivity contribution in [2.75, 3.05) is 11.9 Å². The van der Waals surface area contributed by atoms with E-state index in [1.165, 1.54) is 11.1 Å². The number of hydrogen-bond donors (Lipinski definition) is 1. The molecular weight excluding hydrogens is 361 g/mol. The highest BCUT2D eigenvalue weighted by atomic mass is 127. The summed E-state index contributed by atoms with van der Waals surface area (Å²) in [5, 5.41) is 3.34. The Hall–Kier alpha value is -1.17. The summed E-state index contributed by atoms with van der Waals surface area (Å²) >= 11 is 2.33. The van der Waals surface area contributed by atoms with E-state index >= 15 is 0 Å². The molecule has 0 atom stereocenters. The van der Waals surface area contributed by atoms with E-state index in [4.69, 9.17) is 9.97 Å². The Balaban J connectivity index is 2.61. The Morgan fingerprint density at radius 2 is 1.90 bits per heavy atom. The first-order valence-electron chi connectivity index (χ1n) is 6.94. The van der Waals surface area contributed by atoms with Crippen LogP contribution in [0, 0.1) is 17.4 Å². The minimum absolute atomic E-state index is 0.819. The highest BCUT2D eigenvalue weighted by molar-refractivity contribution is 14.1. The first-order valence-corrected chi connectivity index (χ1v) is 8.02. The number of hydrogen-bond acceptors (Lipinski definition) is 3. The third kappa shape index (κ3) is 3.11. The molecule has 0 unspecified atom stereocenters. The zero-order valence-electron chi connectivity index (χ0n) is 12.4. The van der Waals surface area contributed by atoms with Crippen LogP contribution in [0.25, 0.3) is 11.4 Å². The van der Waals surface area contributed by atoms with Gasteiger partial charge in [-0.05, 0) is 61.4 Å². The van der Waals surface area contributed by atoms with Gasteiger partial charge in [0.15, 0.2) is 5.82 Å². The van der Waals surface area contributed by atoms with Crippen molar-refractivity contribution in [3.8, 4) is 11.4 Å². The lowest BCUT2D eigenvalue weighted by atomic mass is 10.0. The van der Waals surface area contributed by atoms with Crippen LogP contribution in [0.15, 0.2) is 18.2 Å². The lowest BCUT2D eigenvalue weighted by Gasteiger charge is -2.13. The minimum Gasteiger partial charge on any atom is -0.369 e. The van der Waals surface area contributed by atoms with Gasteiger partial charge in [0.1, 0.15) is 5.82 Å². The summed E-state index contributed by atoms with van der Waals surface area (Å²) in [5.74, 6) is 1.76. The smallest absolute Gasteiger partial charge is 0.162 e. The second-order valence-corrected chi connectivity index (χ2v) is 5.94. The molecule has 0 aliphatic rings. The lowest BCUT2D eigenvalue weighted by Crippen LogP contribution is -2.08. The molecule has 20 heavy (non-hydrogen) atoms. The van der Waals surface area contributed by atoms with Crippen molar-refractivity contribution >= 4 is 28.4 Å². The summed E-state index contributed by atoms with van der Waals surface area (Å²) in [7, 11) is 0. The van der Waals surface area contributed by atoms with Gasteiger partial charge in [0, 0.05) is 12.1 Å². The monoisotopic (exact) mass is 381 g/mol. The highest BCUT2D eigenvalue weighted by Gasteiger charge is 2.13. The molecule has 0 aliphatic heterocycles. The molecule has 3 nitrogen and oxygen atoms in total. The number of rotatable bonds is 4. The van der Waals surface area contributed by atoms with Gasteiger partial charge < -0.3 is 5.32 Å². The van der Waals surface area contributed by atoms with Crippen molar-refractivity contribution in [2.24, 2.45) is 0 Å². The Labute approximate surface area is 134 Å². The van der Waals surface area contributed by atoms with Crippen molar-refractivity contribution in [2.45, 2.75) is 34.1 Å². The molecule has 0 bridgehead atoms. The van der Waals surface area contributed by atoms with Crippen LogP contribution in [0.3, 0.4) is 0 Å². The Kier molecular flexibility index (Phi) is 4.96. The molecule has 1 heterocycles. The summed E-state index contributed by atoms with van der Waals surface area (Å²) < 4.78 is 1.13. The number of aromatic nitrogens is 2. The molecule has 0 aliphatic carbocycles. The summed E-state index contributed by atoms with van der Waals surface area (Å²) in [5.41, 5.74) is 4.67. The molecule has 0 spiro atoms. The maximum absolute atomic E-state index is 4.75. The molecular formula is C16H20IN3. The van der Waals surface area contributed by atoms with Gasteiger partial charge in [0.25, 0.3) is 0 Å². The van der Waals surface area contributed by atoms with Gasteiger partial charge in [0.2, 0.25) is 0 Å². The van der Waals surface area contributed by atoms with Crippen LogP contribution in [-0.4, -0.2) is 16.5 Å². The van der Waals surface area contributed by atoms with E-state index < -0.39 is 0 Å². The molecule has 1 aromatic heterocycles. The number of nitrogens with zero attached hydrogens (tertiary/aromatic N) is 2. The van der Waals surface area contributed by atoms with Crippen molar-refractivity contribution in [1.29, 1.82) is 0 Å². The van der Waals surface area contributed by atoms with Gasteiger partial charge in [-0.3, -0.25) is 0 Å². The Morgan fingerprint density at radius 3 is 2.55 bits per heavy atom. The quantitative estimate of drug-likeness (QED) is 0.800. The van der Waals surface area contributed by atoms with Gasteiger partial charge in [-0.25, -0.2) is 9.97 Å². The van der Waals surface area contributed by atoms with E-state index in [9.17, 15) is 0 Å². The van der Waals surface area contributed by atoms with Crippen molar-refractivity contribution in [3.63, 3.8) is 0 Å². The third-order valence-corrected chi connectivity index (χ3v) is 4.37. The largest absolute Gasteiger partial charge is 0.369 e. The van der Waals surface area contributed by atoms with E-state index in [0.29, 0.717) is 0 Å². The summed E-state index contributed by atoms with van der Waals surface area (Å²) in [6.07, 6.45) is 0.914. The van der Waals surface area contributed by atoms with E-state index in [1.54, 1.807) is 0 Å². The molecule has 0 fully saturated rings. The number of nitrogens with one attached hydrogen (secondary N) is 1. The average molecular weight is 381 g/mol. The normalized spacial score (nSPS) is 10.7. The average Bonchev–Trinajstić information content (AvgIpc) is 2.44. The first kappa shape index (κ1) is 15.2. The van der Waals surface area contributed by atoms with Crippen molar-refractivity contribution in [1.82, 2.24) is 9.97 Å². The van der Waals surface area contributed by atoms with E-state index in [0.717, 1.165) is 39.4 Å². The lowest BCUT2D eigenvalue weighted by molar-refractivity contribution is 0.981. The number of aryl methyl sites for hydroxylation is 3. The predicted molar refractivity (Wildman–Crippen MR) is 93.2 cm³/mol. The summed E-state index contributed by atoms with van der Waals surface area (Å²) in [4.78, 5) is 9.46. The first-order chi connectivity index (χ1) is 9.56. The second kappa shape index (κ2) is 6.52. The Morgan fingerprint density at radius 1 is 1.15 bits per heavy atom.